The molecule has 0 unspecified atom stereocenters. The Morgan fingerprint density at radius 3 is 2.95 bits per heavy atom. The zero-order valence-corrected chi connectivity index (χ0v) is 12.4. The molecule has 0 aromatic carbocycles. The molecule has 0 atom stereocenters. The lowest BCUT2D eigenvalue weighted by Crippen LogP contribution is -2.20. The number of rotatable bonds is 9. The van der Waals surface area contributed by atoms with Crippen LogP contribution < -0.4 is 5.32 Å². The summed E-state index contributed by atoms with van der Waals surface area (Å²) in [5.74, 6) is 2.11. The molecule has 0 spiro atoms. The Balaban J connectivity index is 1.77. The van der Waals surface area contributed by atoms with Gasteiger partial charge in [-0.15, -0.1) is 0 Å². The van der Waals surface area contributed by atoms with E-state index >= 15 is 0 Å². The van der Waals surface area contributed by atoms with E-state index in [4.69, 9.17) is 9.15 Å². The molecule has 4 nitrogen and oxygen atoms in total. The van der Waals surface area contributed by atoms with Crippen molar-refractivity contribution in [3.05, 3.63) is 23.2 Å². The SMILES string of the molecule is COCCCN(C)Cc1cc(CNC2CC2)oc1C. The Morgan fingerprint density at radius 2 is 2.26 bits per heavy atom. The summed E-state index contributed by atoms with van der Waals surface area (Å²) < 4.78 is 10.9. The summed E-state index contributed by atoms with van der Waals surface area (Å²) in [6, 6.07) is 2.92. The Kier molecular flexibility index (Phi) is 5.43. The van der Waals surface area contributed by atoms with E-state index in [2.05, 4.69) is 30.3 Å². The first-order valence-electron chi connectivity index (χ1n) is 7.18. The van der Waals surface area contributed by atoms with E-state index in [1.807, 2.05) is 0 Å². The molecule has 4 heteroatoms. The fourth-order valence-electron chi connectivity index (χ4n) is 2.21. The van der Waals surface area contributed by atoms with E-state index in [9.17, 15) is 0 Å². The topological polar surface area (TPSA) is 37.6 Å². The summed E-state index contributed by atoms with van der Waals surface area (Å²) in [5, 5.41) is 3.48. The largest absolute Gasteiger partial charge is 0.465 e. The molecule has 19 heavy (non-hydrogen) atoms. The maximum Gasteiger partial charge on any atom is 0.118 e. The molecule has 1 saturated carbocycles. The van der Waals surface area contributed by atoms with Gasteiger partial charge >= 0.3 is 0 Å². The molecular weight excluding hydrogens is 240 g/mol. The Morgan fingerprint density at radius 1 is 1.47 bits per heavy atom. The number of aryl methyl sites for hydroxylation is 1. The fourth-order valence-corrected chi connectivity index (χ4v) is 2.21. The molecular formula is C15H26N2O2. The summed E-state index contributed by atoms with van der Waals surface area (Å²) in [5.41, 5.74) is 1.30. The average molecular weight is 266 g/mol. The van der Waals surface area contributed by atoms with Gasteiger partial charge in [-0.2, -0.15) is 0 Å². The van der Waals surface area contributed by atoms with Gasteiger partial charge in [0, 0.05) is 38.4 Å². The Bertz CT molecular complexity index is 385. The summed E-state index contributed by atoms with van der Waals surface area (Å²) >= 11 is 0. The molecule has 0 bridgehead atoms. The van der Waals surface area contributed by atoms with Crippen LogP contribution in [0.2, 0.25) is 0 Å². The number of hydrogen-bond donors (Lipinski definition) is 1. The second kappa shape index (κ2) is 7.08. The van der Waals surface area contributed by atoms with Gasteiger partial charge in [0.2, 0.25) is 0 Å². The molecule has 0 aliphatic heterocycles. The predicted octanol–water partition coefficient (Wildman–Crippen LogP) is 2.31. The summed E-state index contributed by atoms with van der Waals surface area (Å²) in [6.45, 7) is 5.74. The zero-order chi connectivity index (χ0) is 13.7. The molecule has 0 amide bonds. The van der Waals surface area contributed by atoms with E-state index in [1.54, 1.807) is 7.11 Å². The molecule has 0 saturated heterocycles. The van der Waals surface area contributed by atoms with Crippen molar-refractivity contribution in [2.75, 3.05) is 27.3 Å². The van der Waals surface area contributed by atoms with Gasteiger partial charge in [0.05, 0.1) is 6.54 Å². The summed E-state index contributed by atoms with van der Waals surface area (Å²) in [6.07, 6.45) is 3.70. The van der Waals surface area contributed by atoms with Crippen molar-refractivity contribution in [2.45, 2.75) is 45.3 Å². The number of hydrogen-bond acceptors (Lipinski definition) is 4. The third-order valence-electron chi connectivity index (χ3n) is 3.54. The number of furan rings is 1. The molecule has 2 rings (SSSR count). The Hall–Kier alpha value is -0.840. The van der Waals surface area contributed by atoms with Crippen LogP contribution in [0.5, 0.6) is 0 Å². The minimum Gasteiger partial charge on any atom is -0.465 e. The smallest absolute Gasteiger partial charge is 0.118 e. The van der Waals surface area contributed by atoms with Crippen LogP contribution in [0.1, 0.15) is 36.3 Å². The van der Waals surface area contributed by atoms with Crippen LogP contribution in [0.4, 0.5) is 0 Å². The second-order valence-electron chi connectivity index (χ2n) is 5.53. The highest BCUT2D eigenvalue weighted by atomic mass is 16.5. The van der Waals surface area contributed by atoms with E-state index in [-0.39, 0.29) is 0 Å². The monoisotopic (exact) mass is 266 g/mol. The van der Waals surface area contributed by atoms with Crippen LogP contribution >= 0.6 is 0 Å². The lowest BCUT2D eigenvalue weighted by molar-refractivity contribution is 0.178. The van der Waals surface area contributed by atoms with Gasteiger partial charge in [0.1, 0.15) is 11.5 Å². The number of nitrogens with one attached hydrogen (secondary N) is 1. The lowest BCUT2D eigenvalue weighted by Gasteiger charge is -2.15. The highest BCUT2D eigenvalue weighted by Gasteiger charge is 2.21. The van der Waals surface area contributed by atoms with Gasteiger partial charge in [0.25, 0.3) is 0 Å². The van der Waals surface area contributed by atoms with Crippen molar-refractivity contribution < 1.29 is 9.15 Å². The van der Waals surface area contributed by atoms with Gasteiger partial charge in [0.15, 0.2) is 0 Å². The van der Waals surface area contributed by atoms with Crippen LogP contribution in [0, 0.1) is 6.92 Å². The first-order valence-corrected chi connectivity index (χ1v) is 7.18. The zero-order valence-electron chi connectivity index (χ0n) is 12.4. The normalized spacial score (nSPS) is 15.4. The molecule has 1 aromatic heterocycles. The van der Waals surface area contributed by atoms with Gasteiger partial charge in [-0.3, -0.25) is 0 Å². The third kappa shape index (κ3) is 4.97. The second-order valence-corrected chi connectivity index (χ2v) is 5.53. The number of methoxy groups -OCH3 is 1. The first kappa shape index (κ1) is 14.6. The molecule has 1 fully saturated rings. The van der Waals surface area contributed by atoms with E-state index in [0.717, 1.165) is 50.2 Å². The van der Waals surface area contributed by atoms with Crippen LogP contribution in [-0.4, -0.2) is 38.3 Å². The van der Waals surface area contributed by atoms with Crippen LogP contribution in [0.3, 0.4) is 0 Å². The van der Waals surface area contributed by atoms with Gasteiger partial charge in [-0.25, -0.2) is 0 Å². The quantitative estimate of drug-likeness (QED) is 0.696. The van der Waals surface area contributed by atoms with Gasteiger partial charge < -0.3 is 19.4 Å². The highest BCUT2D eigenvalue weighted by molar-refractivity contribution is 5.20. The van der Waals surface area contributed by atoms with E-state index in [0.29, 0.717) is 0 Å². The van der Waals surface area contributed by atoms with Crippen molar-refractivity contribution in [3.8, 4) is 0 Å². The average Bonchev–Trinajstić information content (AvgIpc) is 3.13. The van der Waals surface area contributed by atoms with E-state index in [1.165, 1.54) is 18.4 Å². The molecule has 1 aliphatic rings. The molecule has 1 aromatic rings. The van der Waals surface area contributed by atoms with Crippen molar-refractivity contribution >= 4 is 0 Å². The van der Waals surface area contributed by atoms with Crippen molar-refractivity contribution in [2.24, 2.45) is 0 Å². The molecule has 108 valence electrons. The summed E-state index contributed by atoms with van der Waals surface area (Å²) in [4.78, 5) is 2.31. The predicted molar refractivity (Wildman–Crippen MR) is 76.1 cm³/mol. The lowest BCUT2D eigenvalue weighted by atomic mass is 10.2. The molecule has 0 radical (unpaired) electrons. The number of nitrogens with zero attached hydrogens (tertiary/aromatic N) is 1. The van der Waals surface area contributed by atoms with Crippen molar-refractivity contribution in [1.29, 1.82) is 0 Å². The van der Waals surface area contributed by atoms with Gasteiger partial charge in [-0.05, 0) is 39.3 Å². The maximum atomic E-state index is 5.81. The first-order chi connectivity index (χ1) is 9.19. The highest BCUT2D eigenvalue weighted by Crippen LogP contribution is 2.21. The molecule has 1 aliphatic carbocycles. The van der Waals surface area contributed by atoms with Crippen molar-refractivity contribution in [3.63, 3.8) is 0 Å². The minimum atomic E-state index is 0.727. The fraction of sp³-hybridized carbons (Fsp3) is 0.733. The third-order valence-corrected chi connectivity index (χ3v) is 3.54. The summed E-state index contributed by atoms with van der Waals surface area (Å²) in [7, 11) is 3.89. The molecule has 1 heterocycles. The Labute approximate surface area is 116 Å². The number of ether oxygens (including phenoxy) is 1. The van der Waals surface area contributed by atoms with E-state index < -0.39 is 0 Å². The van der Waals surface area contributed by atoms with Crippen LogP contribution in [-0.2, 0) is 17.8 Å². The molecule has 1 N–H and O–H groups in total. The maximum absolute atomic E-state index is 5.81. The van der Waals surface area contributed by atoms with Crippen LogP contribution in [0.25, 0.3) is 0 Å². The van der Waals surface area contributed by atoms with Crippen LogP contribution in [0.15, 0.2) is 10.5 Å². The van der Waals surface area contributed by atoms with Gasteiger partial charge in [-0.1, -0.05) is 0 Å². The van der Waals surface area contributed by atoms with Crippen molar-refractivity contribution in [1.82, 2.24) is 10.2 Å². The standard InChI is InChI=1S/C15H26N2O2/c1-12-13(11-17(2)7-4-8-18-3)9-15(19-12)10-16-14-5-6-14/h9,14,16H,4-8,10-11H2,1-3H3. The minimum absolute atomic E-state index is 0.727.